The second-order valence-electron chi connectivity index (χ2n) is 9.82. The van der Waals surface area contributed by atoms with E-state index in [1.807, 2.05) is 18.2 Å². The maximum atomic E-state index is 13.6. The molecule has 0 radical (unpaired) electrons. The average Bonchev–Trinajstić information content (AvgIpc) is 3.09. The summed E-state index contributed by atoms with van der Waals surface area (Å²) in [6.45, 7) is 1.60. The van der Waals surface area contributed by atoms with Gasteiger partial charge < -0.3 is 9.88 Å². The van der Waals surface area contributed by atoms with Crippen LogP contribution in [0.25, 0.3) is 16.5 Å². The second-order valence-corrected chi connectivity index (χ2v) is 10.3. The van der Waals surface area contributed by atoms with E-state index in [0.29, 0.717) is 5.91 Å². The standard InChI is InChI=1S/C24H27ClN2O/c25-19-1-2-22-20(10-19)21(14-26-22)18-3-5-27(6-4-18)23(28)24-11-15-7-16(12-24)9-17(8-15)13-24/h1-3,10,14-17,26H,4-9,11-13H2. The smallest absolute Gasteiger partial charge is 0.229 e. The molecule has 4 fully saturated rings. The third-order valence-corrected chi connectivity index (χ3v) is 8.21. The first-order valence-electron chi connectivity index (χ1n) is 10.8. The average molecular weight is 395 g/mol. The molecule has 1 N–H and O–H groups in total. The van der Waals surface area contributed by atoms with E-state index in [0.717, 1.165) is 67.1 Å². The lowest BCUT2D eigenvalue weighted by Crippen LogP contribution is -2.55. The van der Waals surface area contributed by atoms with Gasteiger partial charge in [0.2, 0.25) is 5.91 Å². The summed E-state index contributed by atoms with van der Waals surface area (Å²) in [4.78, 5) is 19.1. The molecule has 7 rings (SSSR count). The Morgan fingerprint density at radius 1 is 1.11 bits per heavy atom. The molecule has 2 heterocycles. The van der Waals surface area contributed by atoms with Gasteiger partial charge in [-0.1, -0.05) is 17.7 Å². The van der Waals surface area contributed by atoms with Crippen LogP contribution < -0.4 is 0 Å². The van der Waals surface area contributed by atoms with Crippen LogP contribution in [0.4, 0.5) is 0 Å². The van der Waals surface area contributed by atoms with E-state index in [-0.39, 0.29) is 5.41 Å². The Morgan fingerprint density at radius 2 is 1.82 bits per heavy atom. The molecule has 4 aliphatic carbocycles. The number of nitrogens with zero attached hydrogens (tertiary/aromatic N) is 1. The van der Waals surface area contributed by atoms with Gasteiger partial charge in [0.1, 0.15) is 0 Å². The maximum Gasteiger partial charge on any atom is 0.229 e. The lowest BCUT2D eigenvalue weighted by molar-refractivity contribution is -0.157. The quantitative estimate of drug-likeness (QED) is 0.701. The van der Waals surface area contributed by atoms with Crippen molar-refractivity contribution in [2.45, 2.75) is 44.9 Å². The van der Waals surface area contributed by atoms with Crippen molar-refractivity contribution in [3.8, 4) is 0 Å². The fourth-order valence-electron chi connectivity index (χ4n) is 7.16. The minimum atomic E-state index is -0.0194. The Balaban J connectivity index is 1.24. The predicted molar refractivity (Wildman–Crippen MR) is 113 cm³/mol. The third-order valence-electron chi connectivity index (χ3n) is 7.98. The number of carbonyl (C=O) groups is 1. The number of H-pyrrole nitrogens is 1. The van der Waals surface area contributed by atoms with Gasteiger partial charge >= 0.3 is 0 Å². The van der Waals surface area contributed by atoms with Crippen LogP contribution in [-0.2, 0) is 4.79 Å². The predicted octanol–water partition coefficient (Wildman–Crippen LogP) is 5.65. The van der Waals surface area contributed by atoms with Crippen molar-refractivity contribution in [3.05, 3.63) is 41.1 Å². The van der Waals surface area contributed by atoms with Gasteiger partial charge in [-0.15, -0.1) is 0 Å². The number of aromatic nitrogens is 1. The van der Waals surface area contributed by atoms with Crippen LogP contribution in [0.15, 0.2) is 30.5 Å². The first-order valence-corrected chi connectivity index (χ1v) is 11.2. The molecule has 0 unspecified atom stereocenters. The van der Waals surface area contributed by atoms with E-state index in [9.17, 15) is 4.79 Å². The zero-order valence-corrected chi connectivity index (χ0v) is 17.0. The van der Waals surface area contributed by atoms with E-state index < -0.39 is 0 Å². The van der Waals surface area contributed by atoms with Crippen LogP contribution in [0.2, 0.25) is 5.02 Å². The summed E-state index contributed by atoms with van der Waals surface area (Å²) in [5.41, 5.74) is 3.67. The molecule has 1 aromatic heterocycles. The number of rotatable bonds is 2. The molecule has 146 valence electrons. The van der Waals surface area contributed by atoms with Crippen LogP contribution in [0.5, 0.6) is 0 Å². The summed E-state index contributed by atoms with van der Waals surface area (Å²) in [5.74, 6) is 2.93. The van der Waals surface area contributed by atoms with Gasteiger partial charge in [-0.25, -0.2) is 0 Å². The van der Waals surface area contributed by atoms with Crippen LogP contribution in [-0.4, -0.2) is 28.9 Å². The molecular formula is C24H27ClN2O. The lowest BCUT2D eigenvalue weighted by atomic mass is 9.49. The highest BCUT2D eigenvalue weighted by atomic mass is 35.5. The molecule has 5 aliphatic rings. The maximum absolute atomic E-state index is 13.6. The van der Waals surface area contributed by atoms with Gasteiger partial charge in [0.15, 0.2) is 0 Å². The number of fused-ring (bicyclic) bond motifs is 1. The minimum Gasteiger partial charge on any atom is -0.361 e. The van der Waals surface area contributed by atoms with Gasteiger partial charge in [0, 0.05) is 40.8 Å². The molecule has 0 saturated heterocycles. The molecule has 1 aromatic carbocycles. The number of nitrogens with one attached hydrogen (secondary N) is 1. The van der Waals surface area contributed by atoms with Crippen LogP contribution in [0.3, 0.4) is 0 Å². The molecule has 1 aliphatic heterocycles. The normalized spacial score (nSPS) is 34.1. The molecule has 4 heteroatoms. The zero-order valence-electron chi connectivity index (χ0n) is 16.2. The summed E-state index contributed by atoms with van der Waals surface area (Å²) in [6, 6.07) is 6.00. The largest absolute Gasteiger partial charge is 0.361 e. The molecule has 0 atom stereocenters. The van der Waals surface area contributed by atoms with Gasteiger partial charge in [0.05, 0.1) is 5.41 Å². The van der Waals surface area contributed by atoms with Crippen molar-refractivity contribution in [1.29, 1.82) is 0 Å². The Morgan fingerprint density at radius 3 is 2.46 bits per heavy atom. The molecule has 28 heavy (non-hydrogen) atoms. The van der Waals surface area contributed by atoms with E-state index in [1.165, 1.54) is 35.8 Å². The Hall–Kier alpha value is -1.74. The molecule has 4 saturated carbocycles. The number of halogens is 1. The summed E-state index contributed by atoms with van der Waals surface area (Å²) in [6.07, 6.45) is 12.9. The first kappa shape index (κ1) is 17.1. The van der Waals surface area contributed by atoms with Crippen molar-refractivity contribution in [1.82, 2.24) is 9.88 Å². The molecule has 3 nitrogen and oxygen atoms in total. The highest BCUT2D eigenvalue weighted by molar-refractivity contribution is 6.31. The van der Waals surface area contributed by atoms with Crippen molar-refractivity contribution in [2.75, 3.05) is 13.1 Å². The topological polar surface area (TPSA) is 36.1 Å². The number of benzene rings is 1. The van der Waals surface area contributed by atoms with E-state index in [1.54, 1.807) is 0 Å². The second kappa shape index (κ2) is 6.13. The number of amides is 1. The van der Waals surface area contributed by atoms with Gasteiger partial charge in [0.25, 0.3) is 0 Å². The van der Waals surface area contributed by atoms with Crippen LogP contribution in [0.1, 0.15) is 50.5 Å². The minimum absolute atomic E-state index is 0.0194. The molecule has 4 bridgehead atoms. The molecule has 2 aromatic rings. The molecular weight excluding hydrogens is 368 g/mol. The summed E-state index contributed by atoms with van der Waals surface area (Å²) in [5, 5.41) is 1.95. The van der Waals surface area contributed by atoms with Crippen molar-refractivity contribution < 1.29 is 4.79 Å². The third kappa shape index (κ3) is 2.58. The van der Waals surface area contributed by atoms with E-state index in [4.69, 9.17) is 11.6 Å². The van der Waals surface area contributed by atoms with Gasteiger partial charge in [-0.2, -0.15) is 0 Å². The number of hydrogen-bond acceptors (Lipinski definition) is 1. The van der Waals surface area contributed by atoms with Crippen molar-refractivity contribution in [3.63, 3.8) is 0 Å². The van der Waals surface area contributed by atoms with Crippen LogP contribution >= 0.6 is 11.6 Å². The molecule has 0 spiro atoms. The Kier molecular flexibility index (Phi) is 3.75. The Bertz CT molecular complexity index is 952. The van der Waals surface area contributed by atoms with Gasteiger partial charge in [-0.05, 0) is 86.5 Å². The fourth-order valence-corrected chi connectivity index (χ4v) is 7.34. The lowest BCUT2D eigenvalue weighted by Gasteiger charge is -2.56. The number of carbonyl (C=O) groups excluding carboxylic acids is 1. The summed E-state index contributed by atoms with van der Waals surface area (Å²) in [7, 11) is 0. The summed E-state index contributed by atoms with van der Waals surface area (Å²) >= 11 is 6.21. The van der Waals surface area contributed by atoms with Gasteiger partial charge in [-0.3, -0.25) is 4.79 Å². The Labute approximate surface area is 171 Å². The van der Waals surface area contributed by atoms with E-state index >= 15 is 0 Å². The highest BCUT2D eigenvalue weighted by Gasteiger charge is 2.55. The fraction of sp³-hybridized carbons (Fsp3) is 0.542. The zero-order chi connectivity index (χ0) is 18.9. The van der Waals surface area contributed by atoms with Crippen molar-refractivity contribution in [2.24, 2.45) is 23.2 Å². The monoisotopic (exact) mass is 394 g/mol. The number of hydrogen-bond donors (Lipinski definition) is 1. The van der Waals surface area contributed by atoms with E-state index in [2.05, 4.69) is 22.2 Å². The highest BCUT2D eigenvalue weighted by Crippen LogP contribution is 2.60. The molecule has 1 amide bonds. The first-order chi connectivity index (χ1) is 13.6. The van der Waals surface area contributed by atoms with Crippen molar-refractivity contribution >= 4 is 34.0 Å². The summed E-state index contributed by atoms with van der Waals surface area (Å²) < 4.78 is 0. The number of aromatic amines is 1. The van der Waals surface area contributed by atoms with Crippen LogP contribution in [0, 0.1) is 23.2 Å². The SMILES string of the molecule is O=C(N1CC=C(c2c[nH]c3ccc(Cl)cc23)CC1)C12CC3CC(CC(C3)C1)C2.